The Kier molecular flexibility index (Phi) is 6.70. The molecule has 0 bridgehead atoms. The highest BCUT2D eigenvalue weighted by molar-refractivity contribution is 7.26. The number of hydrogen-bond donors (Lipinski definition) is 0. The van der Waals surface area contributed by atoms with Crippen molar-refractivity contribution in [1.29, 1.82) is 0 Å². The molecule has 0 unspecified atom stereocenters. The largest absolute Gasteiger partial charge is 0.277 e. The number of rotatable bonds is 5. The molecule has 2 aromatic heterocycles. The van der Waals surface area contributed by atoms with Gasteiger partial charge in [-0.25, -0.2) is 9.97 Å². The Morgan fingerprint density at radius 1 is 0.510 bits per heavy atom. The summed E-state index contributed by atoms with van der Waals surface area (Å²) < 4.78 is 2.47. The fraction of sp³-hybridized carbons (Fsp3) is 0.0638. The summed E-state index contributed by atoms with van der Waals surface area (Å²) in [7, 11) is 0. The summed E-state index contributed by atoms with van der Waals surface area (Å²) in [4.78, 5) is 13.2. The molecule has 0 amide bonds. The highest BCUT2D eigenvalue weighted by Crippen LogP contribution is 2.56. The quantitative estimate of drug-likeness (QED) is 0.182. The highest BCUT2D eigenvalue weighted by Gasteiger charge is 2.39. The normalized spacial score (nSPS) is 13.1. The molecule has 0 N–H and O–H groups in total. The van der Waals surface area contributed by atoms with Gasteiger partial charge in [-0.2, -0.15) is 0 Å². The maximum atomic E-state index is 5.51. The molecule has 7 aromatic carbocycles. The lowest BCUT2D eigenvalue weighted by Gasteiger charge is -2.31. The molecule has 242 valence electrons. The van der Waals surface area contributed by atoms with Crippen molar-refractivity contribution in [3.05, 3.63) is 175 Å². The Hall–Kier alpha value is -6.10. The van der Waals surface area contributed by atoms with E-state index in [1.165, 1.54) is 53.6 Å². The van der Waals surface area contributed by atoms with Crippen LogP contribution in [0.2, 0.25) is 0 Å². The van der Waals surface area contributed by atoms with Gasteiger partial charge in [0.15, 0.2) is 0 Å². The summed E-state index contributed by atoms with van der Waals surface area (Å²) in [6.45, 7) is 4.73. The first kappa shape index (κ1) is 29.8. The molecular formula is C47H33N3S. The van der Waals surface area contributed by atoms with Gasteiger partial charge in [0.25, 0.3) is 0 Å². The fourth-order valence-electron chi connectivity index (χ4n) is 8.18. The summed E-state index contributed by atoms with van der Waals surface area (Å²) in [6.07, 6.45) is 0. The van der Waals surface area contributed by atoms with E-state index in [1.807, 2.05) is 11.3 Å². The van der Waals surface area contributed by atoms with E-state index in [-0.39, 0.29) is 5.41 Å². The number of nitrogens with zero attached hydrogens (tertiary/aromatic N) is 3. The number of anilines is 3. The van der Waals surface area contributed by atoms with E-state index in [0.717, 1.165) is 33.5 Å². The van der Waals surface area contributed by atoms with Crippen molar-refractivity contribution in [3.63, 3.8) is 0 Å². The number of para-hydroxylation sites is 1. The molecule has 0 radical (unpaired) electrons. The molecule has 51 heavy (non-hydrogen) atoms. The molecule has 0 fully saturated rings. The third kappa shape index (κ3) is 4.57. The standard InChI is InChI=1S/C47H33N3S/c1-47(2)37-24-12-9-20-32(37)34-28-29-39(42(43(34)47)30-16-5-3-6-17-30)50(40-26-15-23-35-33-21-11-14-27-41(33)51-45(35)40)46-48-38-25-13-10-22-36(38)44(49-46)31-18-7-4-8-19-31/h3-29H,1-2H3. The fourth-order valence-corrected chi connectivity index (χ4v) is 9.39. The molecule has 2 heterocycles. The average molecular weight is 672 g/mol. The third-order valence-corrected chi connectivity index (χ3v) is 11.7. The van der Waals surface area contributed by atoms with Gasteiger partial charge in [0.1, 0.15) is 0 Å². The van der Waals surface area contributed by atoms with Gasteiger partial charge in [-0.15, -0.1) is 11.3 Å². The first-order valence-corrected chi connectivity index (χ1v) is 18.2. The van der Waals surface area contributed by atoms with Crippen molar-refractivity contribution in [2.24, 2.45) is 0 Å². The topological polar surface area (TPSA) is 29.0 Å². The van der Waals surface area contributed by atoms with Gasteiger partial charge in [-0.05, 0) is 52.1 Å². The van der Waals surface area contributed by atoms with E-state index < -0.39 is 0 Å². The lowest BCUT2D eigenvalue weighted by atomic mass is 9.78. The number of hydrogen-bond acceptors (Lipinski definition) is 4. The zero-order valence-electron chi connectivity index (χ0n) is 28.3. The molecular weight excluding hydrogens is 639 g/mol. The summed E-state index contributed by atoms with van der Waals surface area (Å²) in [5, 5.41) is 3.52. The van der Waals surface area contributed by atoms with Crippen LogP contribution < -0.4 is 4.90 Å². The monoisotopic (exact) mass is 671 g/mol. The Morgan fingerprint density at radius 3 is 2.00 bits per heavy atom. The second-order valence-corrected chi connectivity index (χ2v) is 14.8. The molecule has 0 aliphatic heterocycles. The number of benzene rings is 7. The van der Waals surface area contributed by atoms with E-state index in [0.29, 0.717) is 5.95 Å². The molecule has 10 rings (SSSR count). The second kappa shape index (κ2) is 11.5. The van der Waals surface area contributed by atoms with Gasteiger partial charge < -0.3 is 0 Å². The number of fused-ring (bicyclic) bond motifs is 7. The van der Waals surface area contributed by atoms with Gasteiger partial charge in [0.05, 0.1) is 27.3 Å². The lowest BCUT2D eigenvalue weighted by Crippen LogP contribution is -2.20. The molecule has 0 atom stereocenters. The van der Waals surface area contributed by atoms with Crippen LogP contribution in [0, 0.1) is 0 Å². The van der Waals surface area contributed by atoms with Crippen molar-refractivity contribution >= 4 is 59.7 Å². The van der Waals surface area contributed by atoms with Crippen LogP contribution in [0.3, 0.4) is 0 Å². The van der Waals surface area contributed by atoms with Crippen LogP contribution in [-0.2, 0) is 5.41 Å². The zero-order valence-corrected chi connectivity index (χ0v) is 29.2. The van der Waals surface area contributed by atoms with Gasteiger partial charge in [-0.3, -0.25) is 4.90 Å². The maximum Gasteiger partial charge on any atom is 0.235 e. The van der Waals surface area contributed by atoms with Crippen LogP contribution in [-0.4, -0.2) is 9.97 Å². The van der Waals surface area contributed by atoms with Gasteiger partial charge in [0, 0.05) is 37.4 Å². The Morgan fingerprint density at radius 2 is 1.18 bits per heavy atom. The molecule has 3 nitrogen and oxygen atoms in total. The van der Waals surface area contributed by atoms with Crippen LogP contribution in [0.4, 0.5) is 17.3 Å². The lowest BCUT2D eigenvalue weighted by molar-refractivity contribution is 0.662. The van der Waals surface area contributed by atoms with Gasteiger partial charge in [-0.1, -0.05) is 153 Å². The smallest absolute Gasteiger partial charge is 0.235 e. The van der Waals surface area contributed by atoms with Gasteiger partial charge >= 0.3 is 0 Å². The summed E-state index contributed by atoms with van der Waals surface area (Å²) in [5.74, 6) is 0.642. The van der Waals surface area contributed by atoms with Gasteiger partial charge in [0.2, 0.25) is 5.95 Å². The predicted molar refractivity (Wildman–Crippen MR) is 216 cm³/mol. The molecule has 0 saturated heterocycles. The van der Waals surface area contributed by atoms with E-state index in [4.69, 9.17) is 9.97 Å². The number of thiophene rings is 1. The summed E-state index contributed by atoms with van der Waals surface area (Å²) in [6, 6.07) is 58.6. The minimum atomic E-state index is -0.234. The van der Waals surface area contributed by atoms with Crippen molar-refractivity contribution in [2.75, 3.05) is 4.90 Å². The molecule has 0 saturated carbocycles. The Balaban J connectivity index is 1.35. The van der Waals surface area contributed by atoms with Crippen molar-refractivity contribution in [3.8, 4) is 33.5 Å². The zero-order chi connectivity index (χ0) is 34.1. The Labute approximate surface area is 301 Å². The van der Waals surface area contributed by atoms with Crippen molar-refractivity contribution in [2.45, 2.75) is 19.3 Å². The summed E-state index contributed by atoms with van der Waals surface area (Å²) in [5.41, 5.74) is 12.4. The molecule has 1 aliphatic carbocycles. The predicted octanol–water partition coefficient (Wildman–Crippen LogP) is 13.1. The molecule has 4 heteroatoms. The number of aromatic nitrogens is 2. The van der Waals surface area contributed by atoms with Crippen LogP contribution in [0.15, 0.2) is 164 Å². The summed E-state index contributed by atoms with van der Waals surface area (Å²) >= 11 is 1.83. The van der Waals surface area contributed by atoms with E-state index in [9.17, 15) is 0 Å². The first-order chi connectivity index (χ1) is 25.1. The van der Waals surface area contributed by atoms with Crippen molar-refractivity contribution < 1.29 is 0 Å². The van der Waals surface area contributed by atoms with Crippen LogP contribution >= 0.6 is 11.3 Å². The van der Waals surface area contributed by atoms with E-state index in [2.05, 4.69) is 183 Å². The van der Waals surface area contributed by atoms with Crippen LogP contribution in [0.25, 0.3) is 64.6 Å². The van der Waals surface area contributed by atoms with Crippen LogP contribution in [0.5, 0.6) is 0 Å². The molecule has 9 aromatic rings. The minimum Gasteiger partial charge on any atom is -0.277 e. The first-order valence-electron chi connectivity index (χ1n) is 17.4. The third-order valence-electron chi connectivity index (χ3n) is 10.5. The van der Waals surface area contributed by atoms with Crippen molar-refractivity contribution in [1.82, 2.24) is 9.97 Å². The second-order valence-electron chi connectivity index (χ2n) is 13.8. The average Bonchev–Trinajstić information content (AvgIpc) is 3.68. The SMILES string of the molecule is CC1(C)c2ccccc2-c2ccc(N(c3nc(-c4ccccc4)c4ccccc4n3)c3cccc4c3sc3ccccc34)c(-c3ccccc3)c21. The minimum absolute atomic E-state index is 0.234. The van der Waals surface area contributed by atoms with Crippen LogP contribution in [0.1, 0.15) is 25.0 Å². The maximum absolute atomic E-state index is 5.51. The molecule has 1 aliphatic rings. The Bertz CT molecular complexity index is 2780. The molecule has 0 spiro atoms. The van der Waals surface area contributed by atoms with E-state index in [1.54, 1.807) is 0 Å². The highest BCUT2D eigenvalue weighted by atomic mass is 32.1. The van der Waals surface area contributed by atoms with E-state index >= 15 is 0 Å².